The first-order valence-electron chi connectivity index (χ1n) is 8.71. The first-order valence-corrected chi connectivity index (χ1v) is 10.2. The highest BCUT2D eigenvalue weighted by atomic mass is 32.2. The molecule has 3 N–H and O–H groups in total. The summed E-state index contributed by atoms with van der Waals surface area (Å²) in [6, 6.07) is 14.7. The van der Waals surface area contributed by atoms with Crippen LogP contribution in [-0.4, -0.2) is 44.9 Å². The number of likely N-dealkylation sites (tertiary alicyclic amines) is 1. The molecule has 8 heteroatoms. The van der Waals surface area contributed by atoms with Crippen LogP contribution in [0.5, 0.6) is 0 Å². The van der Waals surface area contributed by atoms with Crippen molar-refractivity contribution in [3.05, 3.63) is 66.0 Å². The van der Waals surface area contributed by atoms with Gasteiger partial charge in [-0.05, 0) is 17.7 Å². The predicted octanol–water partition coefficient (Wildman–Crippen LogP) is 1.45. The number of amides is 1. The van der Waals surface area contributed by atoms with E-state index in [1.165, 1.54) is 18.2 Å². The molecule has 6 nitrogen and oxygen atoms in total. The van der Waals surface area contributed by atoms with E-state index in [0.29, 0.717) is 13.1 Å². The molecule has 1 aliphatic heterocycles. The van der Waals surface area contributed by atoms with Crippen LogP contribution in [-0.2, 0) is 14.8 Å². The summed E-state index contributed by atoms with van der Waals surface area (Å²) in [5, 5.41) is 0. The molecule has 1 saturated heterocycles. The number of nitrogens with one attached hydrogen (secondary N) is 1. The van der Waals surface area contributed by atoms with Crippen LogP contribution in [0.25, 0.3) is 0 Å². The molecule has 144 valence electrons. The monoisotopic (exact) mass is 391 g/mol. The lowest BCUT2D eigenvalue weighted by atomic mass is 9.95. The van der Waals surface area contributed by atoms with Crippen molar-refractivity contribution in [2.45, 2.75) is 23.3 Å². The van der Waals surface area contributed by atoms with E-state index >= 15 is 0 Å². The smallest absolute Gasteiger partial charge is 0.243 e. The third-order valence-corrected chi connectivity index (χ3v) is 6.20. The summed E-state index contributed by atoms with van der Waals surface area (Å²) in [4.78, 5) is 13.6. The second-order valence-corrected chi connectivity index (χ2v) is 8.29. The number of hydrogen-bond donors (Lipinski definition) is 2. The van der Waals surface area contributed by atoms with E-state index in [4.69, 9.17) is 5.73 Å². The van der Waals surface area contributed by atoms with Gasteiger partial charge in [-0.15, -0.1) is 0 Å². The van der Waals surface area contributed by atoms with Crippen LogP contribution in [0.1, 0.15) is 17.9 Å². The second-order valence-electron chi connectivity index (χ2n) is 6.56. The lowest BCUT2D eigenvalue weighted by Gasteiger charge is -2.17. The summed E-state index contributed by atoms with van der Waals surface area (Å²) < 4.78 is 40.2. The van der Waals surface area contributed by atoms with E-state index in [1.807, 2.05) is 30.3 Å². The molecule has 27 heavy (non-hydrogen) atoms. The lowest BCUT2D eigenvalue weighted by Crippen LogP contribution is -2.35. The lowest BCUT2D eigenvalue weighted by molar-refractivity contribution is -0.130. The maximum Gasteiger partial charge on any atom is 0.243 e. The van der Waals surface area contributed by atoms with Crippen LogP contribution in [0.2, 0.25) is 0 Å². The third kappa shape index (κ3) is 4.52. The van der Waals surface area contributed by atoms with Crippen LogP contribution in [0.4, 0.5) is 4.39 Å². The Labute approximate surface area is 158 Å². The fourth-order valence-corrected chi connectivity index (χ4v) is 4.39. The van der Waals surface area contributed by atoms with Gasteiger partial charge in [0.1, 0.15) is 10.7 Å². The van der Waals surface area contributed by atoms with Crippen molar-refractivity contribution in [2.75, 3.05) is 19.6 Å². The van der Waals surface area contributed by atoms with Gasteiger partial charge in [0.15, 0.2) is 0 Å². The molecule has 2 aromatic carbocycles. The number of carbonyl (C=O) groups is 1. The molecular formula is C19H22FN3O3S. The van der Waals surface area contributed by atoms with Gasteiger partial charge < -0.3 is 10.6 Å². The average Bonchev–Trinajstić information content (AvgIpc) is 3.04. The molecule has 1 aliphatic rings. The van der Waals surface area contributed by atoms with Crippen molar-refractivity contribution in [1.29, 1.82) is 0 Å². The van der Waals surface area contributed by atoms with E-state index < -0.39 is 20.7 Å². The molecule has 2 aromatic rings. The quantitative estimate of drug-likeness (QED) is 0.780. The molecule has 0 aromatic heterocycles. The number of sulfonamides is 1. The maximum atomic E-state index is 13.7. The number of hydrogen-bond acceptors (Lipinski definition) is 4. The number of carbonyl (C=O) groups excluding carboxylic acids is 1. The topological polar surface area (TPSA) is 92.5 Å². The van der Waals surface area contributed by atoms with Crippen LogP contribution in [0, 0.1) is 5.82 Å². The van der Waals surface area contributed by atoms with E-state index in [9.17, 15) is 17.6 Å². The number of benzene rings is 2. The minimum Gasteiger partial charge on any atom is -0.340 e. The maximum absolute atomic E-state index is 13.7. The van der Waals surface area contributed by atoms with Gasteiger partial charge in [-0.1, -0.05) is 42.5 Å². The van der Waals surface area contributed by atoms with E-state index in [-0.39, 0.29) is 30.8 Å². The molecule has 1 amide bonds. The van der Waals surface area contributed by atoms with E-state index in [1.54, 1.807) is 4.90 Å². The summed E-state index contributed by atoms with van der Waals surface area (Å²) in [6.45, 7) is 0.833. The number of rotatable bonds is 6. The zero-order valence-corrected chi connectivity index (χ0v) is 15.5. The standard InChI is InChI=1S/C19H22FN3O3S/c20-16-8-4-5-9-18(16)27(25,26)22-11-10-19(24)23-12-15(17(21)13-23)14-6-2-1-3-7-14/h1-9,15,17,22H,10-13,21H2/t15-,17+/m0/s1. The predicted molar refractivity (Wildman–Crippen MR) is 99.9 cm³/mol. The van der Waals surface area contributed by atoms with Crippen molar-refractivity contribution < 1.29 is 17.6 Å². The molecule has 1 heterocycles. The molecule has 0 spiro atoms. The summed E-state index contributed by atoms with van der Waals surface area (Å²) in [7, 11) is -4.00. The van der Waals surface area contributed by atoms with Gasteiger partial charge in [0.05, 0.1) is 0 Å². The molecule has 2 atom stereocenters. The number of nitrogens with two attached hydrogens (primary N) is 1. The van der Waals surface area contributed by atoms with Gasteiger partial charge >= 0.3 is 0 Å². The van der Waals surface area contributed by atoms with Crippen LogP contribution in [0.3, 0.4) is 0 Å². The highest BCUT2D eigenvalue weighted by molar-refractivity contribution is 7.89. The molecule has 0 aliphatic carbocycles. The Morgan fingerprint density at radius 2 is 1.78 bits per heavy atom. The average molecular weight is 391 g/mol. The third-order valence-electron chi connectivity index (χ3n) is 4.70. The minimum atomic E-state index is -4.00. The summed E-state index contributed by atoms with van der Waals surface area (Å²) in [5.41, 5.74) is 7.27. The Hall–Kier alpha value is -2.29. The molecule has 0 unspecified atom stereocenters. The van der Waals surface area contributed by atoms with Gasteiger partial charge in [-0.2, -0.15) is 0 Å². The second kappa shape index (κ2) is 8.16. The van der Waals surface area contributed by atoms with Gasteiger partial charge in [0.2, 0.25) is 15.9 Å². The zero-order chi connectivity index (χ0) is 19.4. The summed E-state index contributed by atoms with van der Waals surface area (Å²) in [6.07, 6.45) is -0.0120. The Morgan fingerprint density at radius 3 is 2.48 bits per heavy atom. The van der Waals surface area contributed by atoms with Crippen molar-refractivity contribution >= 4 is 15.9 Å². The van der Waals surface area contributed by atoms with Gasteiger partial charge in [0, 0.05) is 38.0 Å². The van der Waals surface area contributed by atoms with E-state index in [2.05, 4.69) is 4.72 Å². The number of halogens is 1. The first-order chi connectivity index (χ1) is 12.9. The Kier molecular flexibility index (Phi) is 5.88. The van der Waals surface area contributed by atoms with Gasteiger partial charge in [-0.25, -0.2) is 17.5 Å². The zero-order valence-electron chi connectivity index (χ0n) is 14.7. The van der Waals surface area contributed by atoms with Crippen LogP contribution < -0.4 is 10.5 Å². The molecule has 0 radical (unpaired) electrons. The molecule has 0 bridgehead atoms. The van der Waals surface area contributed by atoms with E-state index in [0.717, 1.165) is 11.6 Å². The summed E-state index contributed by atoms with van der Waals surface area (Å²) >= 11 is 0. The van der Waals surface area contributed by atoms with Gasteiger partial charge in [0.25, 0.3) is 0 Å². The SMILES string of the molecule is N[C@@H]1CN(C(=O)CCNS(=O)(=O)c2ccccc2F)C[C@H]1c1ccccc1. The number of nitrogens with zero attached hydrogens (tertiary/aromatic N) is 1. The van der Waals surface area contributed by atoms with Crippen molar-refractivity contribution in [3.8, 4) is 0 Å². The highest BCUT2D eigenvalue weighted by Crippen LogP contribution is 2.26. The fourth-order valence-electron chi connectivity index (χ4n) is 3.28. The van der Waals surface area contributed by atoms with Gasteiger partial charge in [-0.3, -0.25) is 4.79 Å². The highest BCUT2D eigenvalue weighted by Gasteiger charge is 2.33. The largest absolute Gasteiger partial charge is 0.340 e. The fraction of sp³-hybridized carbons (Fsp3) is 0.316. The Morgan fingerprint density at radius 1 is 1.11 bits per heavy atom. The normalized spacial score (nSPS) is 20.0. The molecule has 0 saturated carbocycles. The minimum absolute atomic E-state index is 0.0120. The van der Waals surface area contributed by atoms with Crippen LogP contribution in [0.15, 0.2) is 59.5 Å². The van der Waals surface area contributed by atoms with Crippen LogP contribution >= 0.6 is 0 Å². The molecular weight excluding hydrogens is 369 g/mol. The Balaban J connectivity index is 1.55. The molecule has 1 fully saturated rings. The van der Waals surface area contributed by atoms with Crippen molar-refractivity contribution in [2.24, 2.45) is 5.73 Å². The first kappa shape index (κ1) is 19.5. The summed E-state index contributed by atoms with van der Waals surface area (Å²) in [5.74, 6) is -0.946. The Bertz CT molecular complexity index is 905. The molecule has 3 rings (SSSR count). The van der Waals surface area contributed by atoms with Crippen molar-refractivity contribution in [3.63, 3.8) is 0 Å². The van der Waals surface area contributed by atoms with Crippen molar-refractivity contribution in [1.82, 2.24) is 9.62 Å².